The maximum Gasteiger partial charge on any atom is 0.00959 e. The molecule has 0 atom stereocenters. The molecule has 1 aliphatic carbocycles. The van der Waals surface area contributed by atoms with Crippen LogP contribution in [0.1, 0.15) is 36.8 Å². The van der Waals surface area contributed by atoms with Crippen molar-refractivity contribution < 1.29 is 0 Å². The number of hydrogen-bond acceptors (Lipinski definition) is 1. The molecular formula is C15H21BrS. The third-order valence-corrected chi connectivity index (χ3v) is 6.50. The number of hydrogen-bond donors (Lipinski definition) is 0. The Morgan fingerprint density at radius 2 is 1.88 bits per heavy atom. The summed E-state index contributed by atoms with van der Waals surface area (Å²) in [6, 6.07) is 6.84. The molecule has 0 saturated heterocycles. The number of thioether (sulfide) groups is 1. The molecule has 1 aromatic rings. The van der Waals surface area contributed by atoms with Crippen molar-refractivity contribution in [2.45, 2.75) is 44.4 Å². The van der Waals surface area contributed by atoms with Crippen molar-refractivity contribution in [2.24, 2.45) is 5.41 Å². The van der Waals surface area contributed by atoms with Crippen LogP contribution in [-0.2, 0) is 0 Å². The fourth-order valence-electron chi connectivity index (χ4n) is 2.48. The van der Waals surface area contributed by atoms with Crippen LogP contribution >= 0.6 is 27.7 Å². The average Bonchev–Trinajstić information content (AvgIpc) is 2.80. The summed E-state index contributed by atoms with van der Waals surface area (Å²) in [5, 5.41) is 1.16. The Morgan fingerprint density at radius 3 is 2.47 bits per heavy atom. The van der Waals surface area contributed by atoms with Crippen LogP contribution in [0.4, 0.5) is 0 Å². The normalized spacial score (nSPS) is 18.5. The summed E-state index contributed by atoms with van der Waals surface area (Å²) in [6.07, 6.45) is 5.63. The molecule has 0 unspecified atom stereocenters. The van der Waals surface area contributed by atoms with E-state index < -0.39 is 0 Å². The Morgan fingerprint density at radius 1 is 1.18 bits per heavy atom. The first-order chi connectivity index (χ1) is 8.15. The van der Waals surface area contributed by atoms with E-state index in [9.17, 15) is 0 Å². The van der Waals surface area contributed by atoms with Gasteiger partial charge in [-0.25, -0.2) is 0 Å². The predicted molar refractivity (Wildman–Crippen MR) is 81.3 cm³/mol. The molecule has 0 N–H and O–H groups in total. The first-order valence-electron chi connectivity index (χ1n) is 6.41. The SMILES string of the molecule is Cc1ccc(SCC2(CBr)CCCC2)cc1C. The summed E-state index contributed by atoms with van der Waals surface area (Å²) in [5.74, 6) is 1.26. The molecule has 0 bridgehead atoms. The molecule has 0 spiro atoms. The van der Waals surface area contributed by atoms with Crippen LogP contribution in [-0.4, -0.2) is 11.1 Å². The van der Waals surface area contributed by atoms with E-state index in [2.05, 4.69) is 48.0 Å². The number of aryl methyl sites for hydroxylation is 2. The Balaban J connectivity index is 1.99. The lowest BCUT2D eigenvalue weighted by molar-refractivity contribution is 0.405. The van der Waals surface area contributed by atoms with E-state index in [1.807, 2.05) is 11.8 Å². The van der Waals surface area contributed by atoms with Crippen LogP contribution in [0.5, 0.6) is 0 Å². The molecule has 1 saturated carbocycles. The summed E-state index contributed by atoms with van der Waals surface area (Å²) in [5.41, 5.74) is 3.36. The standard InChI is InChI=1S/C15H21BrS/c1-12-5-6-14(9-13(12)2)17-11-15(10-16)7-3-4-8-15/h5-6,9H,3-4,7-8,10-11H2,1-2H3. The smallest absolute Gasteiger partial charge is 0.00959 e. The third-order valence-electron chi connectivity index (χ3n) is 3.97. The summed E-state index contributed by atoms with van der Waals surface area (Å²) < 4.78 is 0. The van der Waals surface area contributed by atoms with Gasteiger partial charge < -0.3 is 0 Å². The second-order valence-corrected chi connectivity index (χ2v) is 6.98. The zero-order valence-electron chi connectivity index (χ0n) is 10.8. The Hall–Kier alpha value is 0.0500. The molecule has 2 rings (SSSR count). The van der Waals surface area contributed by atoms with Gasteiger partial charge >= 0.3 is 0 Å². The van der Waals surface area contributed by atoms with Crippen LogP contribution < -0.4 is 0 Å². The molecular weight excluding hydrogens is 292 g/mol. The summed E-state index contributed by atoms with van der Waals surface area (Å²) in [4.78, 5) is 1.43. The molecule has 17 heavy (non-hydrogen) atoms. The van der Waals surface area contributed by atoms with Crippen molar-refractivity contribution in [1.29, 1.82) is 0 Å². The van der Waals surface area contributed by atoms with Gasteiger partial charge in [-0.15, -0.1) is 11.8 Å². The minimum Gasteiger partial charge on any atom is -0.126 e. The monoisotopic (exact) mass is 312 g/mol. The molecule has 0 aliphatic heterocycles. The van der Waals surface area contributed by atoms with Crippen molar-refractivity contribution in [1.82, 2.24) is 0 Å². The number of benzene rings is 1. The van der Waals surface area contributed by atoms with Gasteiger partial charge in [0.15, 0.2) is 0 Å². The van der Waals surface area contributed by atoms with Gasteiger partial charge in [-0.2, -0.15) is 0 Å². The highest BCUT2D eigenvalue weighted by molar-refractivity contribution is 9.09. The first kappa shape index (κ1) is 13.5. The van der Waals surface area contributed by atoms with E-state index in [1.54, 1.807) is 0 Å². The zero-order chi connectivity index (χ0) is 12.3. The average molecular weight is 313 g/mol. The van der Waals surface area contributed by atoms with E-state index in [-0.39, 0.29) is 0 Å². The highest BCUT2D eigenvalue weighted by Gasteiger charge is 2.32. The number of rotatable bonds is 4. The zero-order valence-corrected chi connectivity index (χ0v) is 13.2. The van der Waals surface area contributed by atoms with Crippen molar-refractivity contribution >= 4 is 27.7 Å². The van der Waals surface area contributed by atoms with Crippen LogP contribution in [0.2, 0.25) is 0 Å². The first-order valence-corrected chi connectivity index (χ1v) is 8.52. The van der Waals surface area contributed by atoms with Gasteiger partial charge in [0.1, 0.15) is 0 Å². The summed E-state index contributed by atoms with van der Waals surface area (Å²) in [7, 11) is 0. The molecule has 0 nitrogen and oxygen atoms in total. The fraction of sp³-hybridized carbons (Fsp3) is 0.600. The largest absolute Gasteiger partial charge is 0.126 e. The van der Waals surface area contributed by atoms with Crippen molar-refractivity contribution in [2.75, 3.05) is 11.1 Å². The van der Waals surface area contributed by atoms with E-state index in [0.29, 0.717) is 5.41 Å². The second-order valence-electron chi connectivity index (χ2n) is 5.38. The van der Waals surface area contributed by atoms with Crippen molar-refractivity contribution in [3.05, 3.63) is 29.3 Å². The van der Waals surface area contributed by atoms with Gasteiger partial charge in [0.2, 0.25) is 0 Å². The lowest BCUT2D eigenvalue weighted by atomic mass is 9.92. The van der Waals surface area contributed by atoms with E-state index in [0.717, 1.165) is 5.33 Å². The minimum atomic E-state index is 0.559. The maximum absolute atomic E-state index is 3.72. The molecule has 2 heteroatoms. The maximum atomic E-state index is 3.72. The Kier molecular flexibility index (Phi) is 4.59. The second kappa shape index (κ2) is 5.79. The topological polar surface area (TPSA) is 0 Å². The highest BCUT2D eigenvalue weighted by Crippen LogP contribution is 2.43. The molecule has 0 amide bonds. The highest BCUT2D eigenvalue weighted by atomic mass is 79.9. The lowest BCUT2D eigenvalue weighted by Crippen LogP contribution is -2.21. The molecule has 1 aromatic carbocycles. The molecule has 94 valence electrons. The van der Waals surface area contributed by atoms with Crippen molar-refractivity contribution in [3.63, 3.8) is 0 Å². The Labute approximate surface area is 118 Å². The third kappa shape index (κ3) is 3.29. The van der Waals surface area contributed by atoms with E-state index in [4.69, 9.17) is 0 Å². The predicted octanol–water partition coefficient (Wildman–Crippen LogP) is 5.35. The van der Waals surface area contributed by atoms with Gasteiger partial charge in [-0.05, 0) is 55.4 Å². The van der Waals surface area contributed by atoms with Gasteiger partial charge in [0.25, 0.3) is 0 Å². The van der Waals surface area contributed by atoms with E-state index in [1.165, 1.54) is 47.5 Å². The van der Waals surface area contributed by atoms with Crippen molar-refractivity contribution in [3.8, 4) is 0 Å². The van der Waals surface area contributed by atoms with Crippen LogP contribution in [0.15, 0.2) is 23.1 Å². The fourth-order valence-corrected chi connectivity index (χ4v) is 4.79. The molecule has 1 aliphatic rings. The summed E-state index contributed by atoms with van der Waals surface area (Å²) in [6.45, 7) is 4.38. The Bertz CT molecular complexity index is 381. The van der Waals surface area contributed by atoms with Crippen LogP contribution in [0, 0.1) is 19.3 Å². The van der Waals surface area contributed by atoms with Crippen LogP contribution in [0.25, 0.3) is 0 Å². The number of alkyl halides is 1. The minimum absolute atomic E-state index is 0.559. The molecule has 0 aromatic heterocycles. The lowest BCUT2D eigenvalue weighted by Gasteiger charge is -2.26. The molecule has 0 radical (unpaired) electrons. The van der Waals surface area contributed by atoms with Gasteiger partial charge in [0.05, 0.1) is 0 Å². The van der Waals surface area contributed by atoms with Gasteiger partial charge in [-0.3, -0.25) is 0 Å². The van der Waals surface area contributed by atoms with Gasteiger partial charge in [0, 0.05) is 16.0 Å². The van der Waals surface area contributed by atoms with E-state index >= 15 is 0 Å². The summed E-state index contributed by atoms with van der Waals surface area (Å²) >= 11 is 5.75. The van der Waals surface area contributed by atoms with Crippen LogP contribution in [0.3, 0.4) is 0 Å². The molecule has 1 fully saturated rings. The quantitative estimate of drug-likeness (QED) is 0.533. The van der Waals surface area contributed by atoms with Gasteiger partial charge in [-0.1, -0.05) is 34.8 Å². The molecule has 0 heterocycles. The number of halogens is 1.